The molecule has 9 nitrogen and oxygen atoms in total. The zero-order valence-electron chi connectivity index (χ0n) is 17.0. The Labute approximate surface area is 173 Å². The quantitative estimate of drug-likeness (QED) is 0.603. The summed E-state index contributed by atoms with van der Waals surface area (Å²) in [4.78, 5) is 55.1. The van der Waals surface area contributed by atoms with E-state index in [4.69, 9.17) is 4.74 Å². The predicted octanol–water partition coefficient (Wildman–Crippen LogP) is 1.55. The molecule has 2 aliphatic rings. The number of nitrogens with zero attached hydrogens (tertiary/aromatic N) is 3. The van der Waals surface area contributed by atoms with E-state index in [0.29, 0.717) is 17.8 Å². The number of hydrogen-bond acceptors (Lipinski definition) is 6. The Kier molecular flexibility index (Phi) is 5.05. The monoisotopic (exact) mass is 412 g/mol. The maximum absolute atomic E-state index is 12.9. The highest BCUT2D eigenvalue weighted by atomic mass is 16.5. The summed E-state index contributed by atoms with van der Waals surface area (Å²) in [5, 5.41) is 2.80. The van der Waals surface area contributed by atoms with Crippen LogP contribution in [0.15, 0.2) is 29.2 Å². The molecule has 2 fully saturated rings. The number of esters is 1. The second-order valence-corrected chi connectivity index (χ2v) is 8.12. The number of rotatable bonds is 4. The first-order valence-corrected chi connectivity index (χ1v) is 10.1. The van der Waals surface area contributed by atoms with Crippen molar-refractivity contribution in [2.24, 2.45) is 5.92 Å². The van der Waals surface area contributed by atoms with Crippen molar-refractivity contribution in [3.05, 3.63) is 46.0 Å². The van der Waals surface area contributed by atoms with Crippen molar-refractivity contribution in [1.82, 2.24) is 19.6 Å². The van der Waals surface area contributed by atoms with Crippen molar-refractivity contribution in [2.45, 2.75) is 51.7 Å². The number of urea groups is 1. The molecule has 0 unspecified atom stereocenters. The molecule has 1 spiro atoms. The molecule has 1 saturated heterocycles. The molecular formula is C21H24N4O5. The largest absolute Gasteiger partial charge is 0.458 e. The minimum atomic E-state index is -0.914. The van der Waals surface area contributed by atoms with Gasteiger partial charge in [0.1, 0.15) is 24.3 Å². The predicted molar refractivity (Wildman–Crippen MR) is 107 cm³/mol. The summed E-state index contributed by atoms with van der Waals surface area (Å²) >= 11 is 0. The fourth-order valence-electron chi connectivity index (χ4n) is 4.30. The van der Waals surface area contributed by atoms with Crippen LogP contribution in [0.1, 0.15) is 43.9 Å². The van der Waals surface area contributed by atoms with Crippen LogP contribution in [0.4, 0.5) is 4.79 Å². The van der Waals surface area contributed by atoms with E-state index in [1.165, 1.54) is 10.5 Å². The van der Waals surface area contributed by atoms with Crippen LogP contribution in [-0.4, -0.2) is 44.3 Å². The number of ether oxygens (including phenoxy) is 1. The molecule has 158 valence electrons. The van der Waals surface area contributed by atoms with Gasteiger partial charge in [0, 0.05) is 12.3 Å². The molecule has 9 heteroatoms. The fraction of sp³-hybridized carbons (Fsp3) is 0.476. The molecular weight excluding hydrogens is 388 g/mol. The lowest BCUT2D eigenvalue weighted by molar-refractivity contribution is -0.149. The molecule has 0 bridgehead atoms. The molecule has 1 aliphatic carbocycles. The van der Waals surface area contributed by atoms with Gasteiger partial charge in [0.25, 0.3) is 11.5 Å². The summed E-state index contributed by atoms with van der Waals surface area (Å²) in [5.74, 6) is -1.08. The van der Waals surface area contributed by atoms with Gasteiger partial charge >= 0.3 is 12.0 Å². The number of carbonyl (C=O) groups excluding carboxylic acids is 3. The second-order valence-electron chi connectivity index (χ2n) is 8.12. The molecule has 1 N–H and O–H groups in total. The topological polar surface area (TPSA) is 110 Å². The smallest absolute Gasteiger partial charge is 0.326 e. The molecule has 2 aromatic heterocycles. The van der Waals surface area contributed by atoms with E-state index in [2.05, 4.69) is 10.3 Å². The number of nitrogens with one attached hydrogen (secondary N) is 1. The zero-order chi connectivity index (χ0) is 21.5. The Bertz CT molecular complexity index is 1090. The van der Waals surface area contributed by atoms with E-state index < -0.39 is 24.1 Å². The molecule has 3 amide bonds. The van der Waals surface area contributed by atoms with Gasteiger partial charge in [0.05, 0.1) is 5.69 Å². The first-order chi connectivity index (χ1) is 14.3. The fourth-order valence-corrected chi connectivity index (χ4v) is 4.30. The third-order valence-electron chi connectivity index (χ3n) is 6.03. The van der Waals surface area contributed by atoms with Crippen LogP contribution in [0.3, 0.4) is 0 Å². The molecule has 1 saturated carbocycles. The summed E-state index contributed by atoms with van der Waals surface area (Å²) in [6.45, 7) is 3.13. The van der Waals surface area contributed by atoms with Gasteiger partial charge in [-0.2, -0.15) is 0 Å². The Balaban J connectivity index is 1.42. The van der Waals surface area contributed by atoms with Crippen LogP contribution in [0.2, 0.25) is 0 Å². The number of aromatic nitrogens is 2. The van der Waals surface area contributed by atoms with Crippen molar-refractivity contribution in [3.63, 3.8) is 0 Å². The van der Waals surface area contributed by atoms with Crippen LogP contribution < -0.4 is 10.9 Å². The zero-order valence-corrected chi connectivity index (χ0v) is 17.0. The summed E-state index contributed by atoms with van der Waals surface area (Å²) in [7, 11) is 0. The van der Waals surface area contributed by atoms with Gasteiger partial charge in [0.2, 0.25) is 0 Å². The number of imide groups is 1. The van der Waals surface area contributed by atoms with Crippen molar-refractivity contribution in [3.8, 4) is 0 Å². The minimum absolute atomic E-state index is 0.0159. The third kappa shape index (κ3) is 3.44. The first kappa shape index (κ1) is 20.1. The maximum atomic E-state index is 12.9. The van der Waals surface area contributed by atoms with E-state index in [1.54, 1.807) is 12.3 Å². The highest BCUT2D eigenvalue weighted by Gasteiger charge is 2.55. The van der Waals surface area contributed by atoms with Gasteiger partial charge in [-0.1, -0.05) is 25.8 Å². The lowest BCUT2D eigenvalue weighted by atomic mass is 9.73. The van der Waals surface area contributed by atoms with Gasteiger partial charge < -0.3 is 10.1 Å². The van der Waals surface area contributed by atoms with Gasteiger partial charge in [0.15, 0.2) is 0 Å². The van der Waals surface area contributed by atoms with Crippen LogP contribution >= 0.6 is 0 Å². The molecule has 1 aliphatic heterocycles. The second kappa shape index (κ2) is 7.55. The Morgan fingerprint density at radius 2 is 2.10 bits per heavy atom. The number of pyridine rings is 1. The number of aryl methyl sites for hydroxylation is 1. The molecule has 4 rings (SSSR count). The summed E-state index contributed by atoms with van der Waals surface area (Å²) < 4.78 is 6.61. The van der Waals surface area contributed by atoms with Gasteiger partial charge in [-0.05, 0) is 37.3 Å². The standard InChI is InChI=1S/C21H24N4O5/c1-13-6-7-16-22-15(9-17(26)24(16)10-13)12-30-18(27)11-25-19(28)21(23-20(25)29)8-4-3-5-14(21)2/h6-7,9-10,14H,3-5,8,11-12H2,1-2H3,(H,23,29)/t14-,21+/m0/s1. The van der Waals surface area contributed by atoms with Crippen molar-refractivity contribution in [1.29, 1.82) is 0 Å². The maximum Gasteiger partial charge on any atom is 0.326 e. The normalized spacial score (nSPS) is 23.8. The molecule has 0 aromatic carbocycles. The molecule has 2 aromatic rings. The van der Waals surface area contributed by atoms with E-state index in [-0.39, 0.29) is 24.0 Å². The lowest BCUT2D eigenvalue weighted by Gasteiger charge is -2.36. The van der Waals surface area contributed by atoms with Crippen LogP contribution in [0, 0.1) is 12.8 Å². The SMILES string of the molecule is Cc1ccc2nc(COC(=O)CN3C(=O)N[C@@]4(CCCC[C@@H]4C)C3=O)cc(=O)n2c1. The number of fused-ring (bicyclic) bond motifs is 1. The average molecular weight is 412 g/mol. The average Bonchev–Trinajstić information content (AvgIpc) is 2.94. The van der Waals surface area contributed by atoms with Crippen LogP contribution in [0.25, 0.3) is 5.65 Å². The van der Waals surface area contributed by atoms with Crippen molar-refractivity contribution < 1.29 is 19.1 Å². The summed E-state index contributed by atoms with van der Waals surface area (Å²) in [6, 6.07) is 4.27. The van der Waals surface area contributed by atoms with Crippen LogP contribution in [0.5, 0.6) is 0 Å². The Morgan fingerprint density at radius 3 is 2.87 bits per heavy atom. The van der Waals surface area contributed by atoms with Gasteiger partial charge in [-0.3, -0.25) is 23.7 Å². The molecule has 2 atom stereocenters. The number of amides is 3. The first-order valence-electron chi connectivity index (χ1n) is 10.1. The highest BCUT2D eigenvalue weighted by molar-refractivity contribution is 6.08. The summed E-state index contributed by atoms with van der Waals surface area (Å²) in [6.07, 6.45) is 4.99. The van der Waals surface area contributed by atoms with Crippen LogP contribution in [-0.2, 0) is 20.9 Å². The van der Waals surface area contributed by atoms with E-state index in [9.17, 15) is 19.2 Å². The Hall–Kier alpha value is -3.23. The highest BCUT2D eigenvalue weighted by Crippen LogP contribution is 2.38. The molecule has 30 heavy (non-hydrogen) atoms. The van der Waals surface area contributed by atoms with Gasteiger partial charge in [-0.15, -0.1) is 0 Å². The Morgan fingerprint density at radius 1 is 1.30 bits per heavy atom. The van der Waals surface area contributed by atoms with E-state index >= 15 is 0 Å². The van der Waals surface area contributed by atoms with Crippen molar-refractivity contribution in [2.75, 3.05) is 6.54 Å². The third-order valence-corrected chi connectivity index (χ3v) is 6.03. The molecule has 3 heterocycles. The van der Waals surface area contributed by atoms with Crippen molar-refractivity contribution >= 4 is 23.6 Å². The van der Waals surface area contributed by atoms with E-state index in [1.807, 2.05) is 19.9 Å². The number of carbonyl (C=O) groups is 3. The lowest BCUT2D eigenvalue weighted by Crippen LogP contribution is -2.54. The van der Waals surface area contributed by atoms with E-state index in [0.717, 1.165) is 29.7 Å². The molecule has 0 radical (unpaired) electrons. The number of hydrogen-bond donors (Lipinski definition) is 1. The summed E-state index contributed by atoms with van der Waals surface area (Å²) in [5.41, 5.74) is 0.469. The minimum Gasteiger partial charge on any atom is -0.458 e. The van der Waals surface area contributed by atoms with Gasteiger partial charge in [-0.25, -0.2) is 9.78 Å².